The number of carbonyl (C=O) groups excluding carboxylic acids is 1. The largest absolute Gasteiger partial charge is 0.573 e. The summed E-state index contributed by atoms with van der Waals surface area (Å²) >= 11 is 0. The zero-order valence-corrected chi connectivity index (χ0v) is 13.0. The summed E-state index contributed by atoms with van der Waals surface area (Å²) < 4.78 is 46.6. The summed E-state index contributed by atoms with van der Waals surface area (Å²) in [5.41, 5.74) is 0.00254. The summed E-state index contributed by atoms with van der Waals surface area (Å²) in [6.45, 7) is 1.47. The maximum atomic E-state index is 12.5. The number of β-amino-alcohol motifs (C(OH)–C–C–N with tert-alkyl or cyclic N) is 1. The van der Waals surface area contributed by atoms with Crippen LogP contribution in [0, 0.1) is 0 Å². The van der Waals surface area contributed by atoms with E-state index in [2.05, 4.69) is 14.9 Å². The van der Waals surface area contributed by atoms with E-state index >= 15 is 0 Å². The van der Waals surface area contributed by atoms with Gasteiger partial charge in [0.05, 0.1) is 11.7 Å². The van der Waals surface area contributed by atoms with Crippen LogP contribution < -0.4 is 4.74 Å². The molecule has 0 aliphatic carbocycles. The highest BCUT2D eigenvalue weighted by atomic mass is 19.4. The van der Waals surface area contributed by atoms with Crippen LogP contribution in [0.25, 0.3) is 11.4 Å². The van der Waals surface area contributed by atoms with Crippen LogP contribution in [0.2, 0.25) is 0 Å². The van der Waals surface area contributed by atoms with Gasteiger partial charge in [0.15, 0.2) is 0 Å². The average Bonchev–Trinajstić information content (AvgIpc) is 3.12. The number of alkyl halides is 3. The Morgan fingerprint density at radius 2 is 2.12 bits per heavy atom. The third kappa shape index (κ3) is 3.73. The van der Waals surface area contributed by atoms with E-state index in [4.69, 9.17) is 4.52 Å². The lowest BCUT2D eigenvalue weighted by Gasteiger charge is -2.19. The van der Waals surface area contributed by atoms with Gasteiger partial charge in [-0.1, -0.05) is 17.3 Å². The van der Waals surface area contributed by atoms with Gasteiger partial charge < -0.3 is 19.3 Å². The zero-order chi connectivity index (χ0) is 18.2. The van der Waals surface area contributed by atoms with Gasteiger partial charge in [-0.05, 0) is 12.1 Å². The number of nitrogens with zero attached hydrogens (tertiary/aromatic N) is 3. The number of hydrogen-bond donors (Lipinski definition) is 1. The standard InChI is InChI=1S/C15H14F3N3O4/c1-8(22)21-7-9(23)6-11(21)14-19-13(20-25-14)10-4-2-3-5-12(10)24-15(16,17)18/h2-5,9,11,23H,6-7H2,1H3/t9-,11+/m0/s1. The van der Waals surface area contributed by atoms with Crippen molar-refractivity contribution in [2.75, 3.05) is 6.54 Å². The van der Waals surface area contributed by atoms with Crippen molar-refractivity contribution in [3.8, 4) is 17.1 Å². The lowest BCUT2D eigenvalue weighted by molar-refractivity contribution is -0.274. The molecule has 2 heterocycles. The second-order valence-electron chi connectivity index (χ2n) is 5.58. The number of aliphatic hydroxyl groups is 1. The minimum Gasteiger partial charge on any atom is -0.405 e. The summed E-state index contributed by atoms with van der Waals surface area (Å²) in [5, 5.41) is 13.4. The minimum atomic E-state index is -4.86. The number of rotatable bonds is 3. The van der Waals surface area contributed by atoms with Crippen molar-refractivity contribution >= 4 is 5.91 Å². The molecule has 0 saturated carbocycles. The first-order valence-electron chi connectivity index (χ1n) is 7.38. The third-order valence-corrected chi connectivity index (χ3v) is 3.76. The van der Waals surface area contributed by atoms with E-state index < -0.39 is 24.3 Å². The van der Waals surface area contributed by atoms with Gasteiger partial charge in [-0.2, -0.15) is 4.98 Å². The number of benzene rings is 1. The van der Waals surface area contributed by atoms with Crippen LogP contribution in [0.4, 0.5) is 13.2 Å². The van der Waals surface area contributed by atoms with Crippen LogP contribution in [0.3, 0.4) is 0 Å². The number of aromatic nitrogens is 2. The number of amides is 1. The second kappa shape index (κ2) is 6.36. The molecule has 0 bridgehead atoms. The van der Waals surface area contributed by atoms with Crippen LogP contribution >= 0.6 is 0 Å². The van der Waals surface area contributed by atoms with E-state index in [1.54, 1.807) is 0 Å². The Balaban J connectivity index is 1.91. The molecule has 7 nitrogen and oxygen atoms in total. The van der Waals surface area contributed by atoms with Crippen LogP contribution in [-0.2, 0) is 4.79 Å². The van der Waals surface area contributed by atoms with E-state index in [1.807, 2.05) is 0 Å². The monoisotopic (exact) mass is 357 g/mol. The Morgan fingerprint density at radius 1 is 1.40 bits per heavy atom. The summed E-state index contributed by atoms with van der Waals surface area (Å²) in [5.74, 6) is -0.789. The fourth-order valence-corrected chi connectivity index (χ4v) is 2.74. The van der Waals surface area contributed by atoms with E-state index in [1.165, 1.54) is 30.0 Å². The number of para-hydroxylation sites is 1. The maximum Gasteiger partial charge on any atom is 0.573 e. The van der Waals surface area contributed by atoms with Gasteiger partial charge in [0.1, 0.15) is 11.8 Å². The molecule has 25 heavy (non-hydrogen) atoms. The van der Waals surface area contributed by atoms with Crippen molar-refractivity contribution in [2.45, 2.75) is 31.9 Å². The number of hydrogen-bond acceptors (Lipinski definition) is 6. The Bertz CT molecular complexity index is 777. The second-order valence-corrected chi connectivity index (χ2v) is 5.58. The van der Waals surface area contributed by atoms with E-state index in [-0.39, 0.29) is 36.2 Å². The van der Waals surface area contributed by atoms with Gasteiger partial charge in [0, 0.05) is 19.9 Å². The molecule has 3 rings (SSSR count). The fraction of sp³-hybridized carbons (Fsp3) is 0.400. The minimum absolute atomic E-state index is 0.00254. The normalized spacial score (nSPS) is 20.8. The van der Waals surface area contributed by atoms with Crippen LogP contribution in [0.5, 0.6) is 5.75 Å². The van der Waals surface area contributed by atoms with Gasteiger partial charge in [0.2, 0.25) is 17.6 Å². The van der Waals surface area contributed by atoms with Gasteiger partial charge in [-0.25, -0.2) is 0 Å². The zero-order valence-electron chi connectivity index (χ0n) is 13.0. The molecule has 1 aliphatic heterocycles. The SMILES string of the molecule is CC(=O)N1C[C@@H](O)C[C@@H]1c1nc(-c2ccccc2OC(F)(F)F)no1. The molecular weight excluding hydrogens is 343 g/mol. The summed E-state index contributed by atoms with van der Waals surface area (Å²) in [4.78, 5) is 17.1. The first-order valence-corrected chi connectivity index (χ1v) is 7.38. The van der Waals surface area contributed by atoms with E-state index in [0.717, 1.165) is 6.07 Å². The van der Waals surface area contributed by atoms with Gasteiger partial charge >= 0.3 is 6.36 Å². The quantitative estimate of drug-likeness (QED) is 0.907. The molecule has 2 atom stereocenters. The molecule has 134 valence electrons. The van der Waals surface area contributed by atoms with Crippen molar-refractivity contribution in [1.82, 2.24) is 15.0 Å². The lowest BCUT2D eigenvalue weighted by atomic mass is 10.2. The summed E-state index contributed by atoms with van der Waals surface area (Å²) in [6, 6.07) is 4.78. The first-order chi connectivity index (χ1) is 11.7. The topological polar surface area (TPSA) is 88.7 Å². The Kier molecular flexibility index (Phi) is 4.38. The molecule has 1 fully saturated rings. The van der Waals surface area contributed by atoms with Gasteiger partial charge in [0.25, 0.3) is 0 Å². The predicted octanol–water partition coefficient (Wildman–Crippen LogP) is 2.29. The Morgan fingerprint density at radius 3 is 2.80 bits per heavy atom. The molecule has 10 heteroatoms. The fourth-order valence-electron chi connectivity index (χ4n) is 2.74. The molecule has 1 aromatic heterocycles. The maximum absolute atomic E-state index is 12.5. The molecule has 2 aromatic rings. The molecule has 1 aliphatic rings. The Labute approximate surface area is 140 Å². The van der Waals surface area contributed by atoms with Gasteiger partial charge in [-0.15, -0.1) is 13.2 Å². The highest BCUT2D eigenvalue weighted by Gasteiger charge is 2.38. The number of likely N-dealkylation sites (tertiary alicyclic amines) is 1. The highest BCUT2D eigenvalue weighted by Crippen LogP contribution is 2.35. The molecule has 0 radical (unpaired) electrons. The van der Waals surface area contributed by atoms with Crippen molar-refractivity contribution in [1.29, 1.82) is 0 Å². The van der Waals surface area contributed by atoms with Crippen molar-refractivity contribution in [3.63, 3.8) is 0 Å². The summed E-state index contributed by atoms with van der Waals surface area (Å²) in [7, 11) is 0. The van der Waals surface area contributed by atoms with Crippen LogP contribution in [0.1, 0.15) is 25.3 Å². The number of carbonyl (C=O) groups is 1. The van der Waals surface area contributed by atoms with Crippen molar-refractivity contribution in [2.24, 2.45) is 0 Å². The highest BCUT2D eigenvalue weighted by molar-refractivity contribution is 5.74. The molecule has 1 saturated heterocycles. The smallest absolute Gasteiger partial charge is 0.405 e. The molecule has 1 aromatic carbocycles. The van der Waals surface area contributed by atoms with Crippen LogP contribution in [0.15, 0.2) is 28.8 Å². The number of halogens is 3. The number of aliphatic hydroxyl groups excluding tert-OH is 1. The third-order valence-electron chi connectivity index (χ3n) is 3.76. The van der Waals surface area contributed by atoms with E-state index in [9.17, 15) is 23.1 Å². The molecule has 1 amide bonds. The Hall–Kier alpha value is -2.62. The lowest BCUT2D eigenvalue weighted by Crippen LogP contribution is -2.29. The molecule has 1 N–H and O–H groups in total. The summed E-state index contributed by atoms with van der Waals surface area (Å²) in [6.07, 6.45) is -5.38. The number of ether oxygens (including phenoxy) is 1. The molecular formula is C15H14F3N3O4. The predicted molar refractivity (Wildman–Crippen MR) is 77.2 cm³/mol. The average molecular weight is 357 g/mol. The first kappa shape index (κ1) is 17.2. The molecule has 0 unspecified atom stereocenters. The molecule has 0 spiro atoms. The van der Waals surface area contributed by atoms with Crippen LogP contribution in [-0.4, -0.2) is 45.1 Å². The van der Waals surface area contributed by atoms with Crippen molar-refractivity contribution in [3.05, 3.63) is 30.2 Å². The van der Waals surface area contributed by atoms with Gasteiger partial charge in [-0.3, -0.25) is 4.79 Å². The van der Waals surface area contributed by atoms with Crippen molar-refractivity contribution < 1.29 is 32.3 Å². The van der Waals surface area contributed by atoms with E-state index in [0.29, 0.717) is 0 Å².